The zero-order chi connectivity index (χ0) is 16.4. The van der Waals surface area contributed by atoms with Crippen molar-refractivity contribution in [2.24, 2.45) is 0 Å². The molecule has 2 saturated heterocycles. The van der Waals surface area contributed by atoms with Crippen LogP contribution in [0.5, 0.6) is 0 Å². The summed E-state index contributed by atoms with van der Waals surface area (Å²) >= 11 is 0. The molecule has 7 heteroatoms. The molecule has 0 radical (unpaired) electrons. The third kappa shape index (κ3) is 3.19. The summed E-state index contributed by atoms with van der Waals surface area (Å²) < 4.78 is 5.46. The lowest BCUT2D eigenvalue weighted by Gasteiger charge is -2.31. The number of hydrogen-bond acceptors (Lipinski definition) is 4. The van der Waals surface area contributed by atoms with E-state index >= 15 is 0 Å². The summed E-state index contributed by atoms with van der Waals surface area (Å²) in [4.78, 5) is 39.1. The van der Waals surface area contributed by atoms with E-state index in [1.807, 2.05) is 6.92 Å². The second-order valence-corrected chi connectivity index (χ2v) is 5.73. The lowest BCUT2D eigenvalue weighted by Crippen LogP contribution is -2.45. The number of benzene rings is 1. The summed E-state index contributed by atoms with van der Waals surface area (Å²) in [5.41, 5.74) is 1.19. The third-order valence-corrected chi connectivity index (χ3v) is 4.04. The minimum Gasteiger partial charge on any atom is -0.375 e. The number of morpholine rings is 1. The standard InChI is InChI=1S/C16H19N3O4/c1-11-9-18(6-7-23-11)15(21)13-5-3-2-4-12(13)10-19-14(20)8-17-16(19)22/h2-5,11H,6-10H2,1H3,(H,17,22). The Hall–Kier alpha value is -2.41. The molecule has 23 heavy (non-hydrogen) atoms. The van der Waals surface area contributed by atoms with Gasteiger partial charge < -0.3 is 15.0 Å². The van der Waals surface area contributed by atoms with Gasteiger partial charge in [0.05, 0.1) is 25.8 Å². The minimum atomic E-state index is -0.419. The Kier molecular flexibility index (Phi) is 4.29. The quantitative estimate of drug-likeness (QED) is 0.828. The molecule has 0 bridgehead atoms. The molecule has 2 aliphatic heterocycles. The molecule has 0 spiro atoms. The van der Waals surface area contributed by atoms with Crippen molar-refractivity contribution in [3.63, 3.8) is 0 Å². The molecule has 3 rings (SSSR count). The van der Waals surface area contributed by atoms with Crippen molar-refractivity contribution in [2.45, 2.75) is 19.6 Å². The van der Waals surface area contributed by atoms with Gasteiger partial charge in [0.2, 0.25) is 5.91 Å². The van der Waals surface area contributed by atoms with Crippen molar-refractivity contribution >= 4 is 17.8 Å². The number of imide groups is 1. The summed E-state index contributed by atoms with van der Waals surface area (Å²) in [6.07, 6.45) is 0.00537. The molecule has 7 nitrogen and oxygen atoms in total. The molecule has 2 fully saturated rings. The van der Waals surface area contributed by atoms with E-state index in [2.05, 4.69) is 5.32 Å². The van der Waals surface area contributed by atoms with E-state index in [0.29, 0.717) is 30.8 Å². The predicted molar refractivity (Wildman–Crippen MR) is 81.7 cm³/mol. The van der Waals surface area contributed by atoms with Crippen LogP contribution in [0.25, 0.3) is 0 Å². The number of carbonyl (C=O) groups excluding carboxylic acids is 3. The van der Waals surface area contributed by atoms with Crippen LogP contribution in [-0.4, -0.2) is 60.0 Å². The third-order valence-electron chi connectivity index (χ3n) is 4.04. The normalized spacial score (nSPS) is 21.5. The van der Waals surface area contributed by atoms with Gasteiger partial charge in [0.15, 0.2) is 0 Å². The fourth-order valence-corrected chi connectivity index (χ4v) is 2.83. The van der Waals surface area contributed by atoms with Crippen molar-refractivity contribution in [3.8, 4) is 0 Å². The Balaban J connectivity index is 1.81. The van der Waals surface area contributed by atoms with Gasteiger partial charge in [-0.3, -0.25) is 14.5 Å². The van der Waals surface area contributed by atoms with Crippen LogP contribution in [0.2, 0.25) is 0 Å². The smallest absolute Gasteiger partial charge is 0.324 e. The van der Waals surface area contributed by atoms with E-state index in [1.54, 1.807) is 29.2 Å². The molecule has 0 aromatic heterocycles. The van der Waals surface area contributed by atoms with Crippen LogP contribution in [-0.2, 0) is 16.1 Å². The number of nitrogens with one attached hydrogen (secondary N) is 1. The lowest BCUT2D eigenvalue weighted by atomic mass is 10.1. The lowest BCUT2D eigenvalue weighted by molar-refractivity contribution is -0.125. The van der Waals surface area contributed by atoms with Gasteiger partial charge in [-0.05, 0) is 18.6 Å². The fourth-order valence-electron chi connectivity index (χ4n) is 2.83. The van der Waals surface area contributed by atoms with Crippen LogP contribution in [0.1, 0.15) is 22.8 Å². The summed E-state index contributed by atoms with van der Waals surface area (Å²) in [5.74, 6) is -0.375. The van der Waals surface area contributed by atoms with Crippen LogP contribution in [0.3, 0.4) is 0 Å². The van der Waals surface area contributed by atoms with Crippen LogP contribution >= 0.6 is 0 Å². The van der Waals surface area contributed by atoms with Crippen LogP contribution in [0.15, 0.2) is 24.3 Å². The maximum absolute atomic E-state index is 12.8. The first-order valence-corrected chi connectivity index (χ1v) is 7.63. The van der Waals surface area contributed by atoms with Gasteiger partial charge in [0.1, 0.15) is 0 Å². The first-order chi connectivity index (χ1) is 11.1. The zero-order valence-corrected chi connectivity index (χ0v) is 12.9. The highest BCUT2D eigenvalue weighted by Crippen LogP contribution is 2.17. The molecular formula is C16H19N3O4. The molecule has 2 aliphatic rings. The molecule has 122 valence electrons. The first kappa shape index (κ1) is 15.5. The van der Waals surface area contributed by atoms with Crippen molar-refractivity contribution < 1.29 is 19.1 Å². The summed E-state index contributed by atoms with van der Waals surface area (Å²) in [7, 11) is 0. The van der Waals surface area contributed by atoms with Gasteiger partial charge in [0, 0.05) is 18.7 Å². The van der Waals surface area contributed by atoms with E-state index < -0.39 is 6.03 Å². The maximum atomic E-state index is 12.8. The Bertz CT molecular complexity index is 630. The summed E-state index contributed by atoms with van der Waals surface area (Å²) in [6, 6.07) is 6.67. The minimum absolute atomic E-state index is 0.00537. The number of ether oxygens (including phenoxy) is 1. The van der Waals surface area contributed by atoms with Gasteiger partial charge in [-0.25, -0.2) is 4.79 Å². The van der Waals surface area contributed by atoms with E-state index in [4.69, 9.17) is 4.74 Å². The molecule has 4 amide bonds. The fraction of sp³-hybridized carbons (Fsp3) is 0.438. The second-order valence-electron chi connectivity index (χ2n) is 5.73. The molecule has 1 atom stereocenters. The summed E-state index contributed by atoms with van der Waals surface area (Å²) in [5, 5.41) is 2.48. The highest BCUT2D eigenvalue weighted by atomic mass is 16.5. The molecule has 1 aromatic rings. The van der Waals surface area contributed by atoms with E-state index in [-0.39, 0.29) is 31.0 Å². The average Bonchev–Trinajstić information content (AvgIpc) is 2.87. The average molecular weight is 317 g/mol. The van der Waals surface area contributed by atoms with Crippen molar-refractivity contribution in [2.75, 3.05) is 26.2 Å². The Morgan fingerprint density at radius 2 is 2.13 bits per heavy atom. The monoisotopic (exact) mass is 317 g/mol. The molecule has 1 N–H and O–H groups in total. The van der Waals surface area contributed by atoms with Gasteiger partial charge in [-0.15, -0.1) is 0 Å². The van der Waals surface area contributed by atoms with Crippen molar-refractivity contribution in [1.29, 1.82) is 0 Å². The molecule has 1 unspecified atom stereocenters. The van der Waals surface area contributed by atoms with E-state index in [9.17, 15) is 14.4 Å². The largest absolute Gasteiger partial charge is 0.375 e. The SMILES string of the molecule is CC1CN(C(=O)c2ccccc2CN2C(=O)CNC2=O)CCO1. The molecule has 2 heterocycles. The number of amides is 4. The van der Waals surface area contributed by atoms with E-state index in [0.717, 1.165) is 4.90 Å². The Morgan fingerprint density at radius 1 is 1.35 bits per heavy atom. The Labute approximate surface area is 134 Å². The molecule has 0 saturated carbocycles. The van der Waals surface area contributed by atoms with Gasteiger partial charge in [0.25, 0.3) is 5.91 Å². The van der Waals surface area contributed by atoms with Crippen LogP contribution in [0, 0.1) is 0 Å². The first-order valence-electron chi connectivity index (χ1n) is 7.63. The van der Waals surface area contributed by atoms with Crippen LogP contribution in [0.4, 0.5) is 4.79 Å². The van der Waals surface area contributed by atoms with Crippen molar-refractivity contribution in [3.05, 3.63) is 35.4 Å². The summed E-state index contributed by atoms with van der Waals surface area (Å²) in [6.45, 7) is 3.64. The number of hydrogen-bond donors (Lipinski definition) is 1. The molecule has 1 aromatic carbocycles. The topological polar surface area (TPSA) is 79.0 Å². The highest BCUT2D eigenvalue weighted by molar-refractivity contribution is 6.02. The van der Waals surface area contributed by atoms with Gasteiger partial charge >= 0.3 is 6.03 Å². The zero-order valence-electron chi connectivity index (χ0n) is 12.9. The maximum Gasteiger partial charge on any atom is 0.324 e. The van der Waals surface area contributed by atoms with Gasteiger partial charge in [-0.1, -0.05) is 18.2 Å². The number of urea groups is 1. The highest BCUT2D eigenvalue weighted by Gasteiger charge is 2.30. The van der Waals surface area contributed by atoms with Gasteiger partial charge in [-0.2, -0.15) is 0 Å². The molecular weight excluding hydrogens is 298 g/mol. The van der Waals surface area contributed by atoms with Crippen LogP contribution < -0.4 is 5.32 Å². The van der Waals surface area contributed by atoms with Crippen molar-refractivity contribution in [1.82, 2.24) is 15.1 Å². The predicted octanol–water partition coefficient (Wildman–Crippen LogP) is 0.599. The Morgan fingerprint density at radius 3 is 2.83 bits per heavy atom. The number of nitrogens with zero attached hydrogens (tertiary/aromatic N) is 2. The second kappa shape index (κ2) is 6.37. The van der Waals surface area contributed by atoms with E-state index in [1.165, 1.54) is 0 Å². The number of rotatable bonds is 3. The number of carbonyl (C=O) groups is 3. The molecule has 0 aliphatic carbocycles.